The van der Waals surface area contributed by atoms with Crippen LogP contribution in [0.5, 0.6) is 5.75 Å². The van der Waals surface area contributed by atoms with Crippen molar-refractivity contribution in [1.29, 1.82) is 0 Å². The number of aromatic nitrogens is 2. The van der Waals surface area contributed by atoms with Crippen LogP contribution in [0.2, 0.25) is 0 Å². The van der Waals surface area contributed by atoms with Crippen molar-refractivity contribution in [2.75, 3.05) is 33.3 Å². The normalized spacial score (nSPS) is 18.1. The monoisotopic (exact) mass is 473 g/mol. The Morgan fingerprint density at radius 1 is 1.21 bits per heavy atom. The van der Waals surface area contributed by atoms with Crippen LogP contribution in [-0.4, -0.2) is 77.4 Å². The lowest BCUT2D eigenvalue weighted by Gasteiger charge is -2.22. The van der Waals surface area contributed by atoms with Crippen LogP contribution in [0.15, 0.2) is 36.5 Å². The van der Waals surface area contributed by atoms with Crippen molar-refractivity contribution in [2.24, 2.45) is 13.0 Å². The highest BCUT2D eigenvalue weighted by molar-refractivity contribution is 5.79. The third kappa shape index (κ3) is 8.86. The maximum absolute atomic E-state index is 12.7. The van der Waals surface area contributed by atoms with Gasteiger partial charge in [0.2, 0.25) is 5.91 Å². The number of carbonyl (C=O) groups is 3. The van der Waals surface area contributed by atoms with E-state index in [2.05, 4.69) is 20.6 Å². The van der Waals surface area contributed by atoms with Crippen molar-refractivity contribution in [2.45, 2.75) is 32.2 Å². The average molecular weight is 474 g/mol. The third-order valence-corrected chi connectivity index (χ3v) is 5.72. The number of aryl methyl sites for hydroxylation is 2. The highest BCUT2D eigenvalue weighted by Crippen LogP contribution is 2.18. The van der Waals surface area contributed by atoms with E-state index in [9.17, 15) is 9.59 Å². The first-order valence-corrected chi connectivity index (χ1v) is 11.3. The molecule has 1 saturated heterocycles. The summed E-state index contributed by atoms with van der Waals surface area (Å²) in [6.45, 7) is 3.69. The molecule has 10 heteroatoms. The van der Waals surface area contributed by atoms with Crippen LogP contribution in [-0.2, 0) is 27.9 Å². The van der Waals surface area contributed by atoms with Crippen LogP contribution in [0.3, 0.4) is 0 Å². The molecule has 0 unspecified atom stereocenters. The Morgan fingerprint density at radius 2 is 1.94 bits per heavy atom. The van der Waals surface area contributed by atoms with E-state index in [1.165, 1.54) is 0 Å². The zero-order chi connectivity index (χ0) is 24.9. The van der Waals surface area contributed by atoms with Crippen LogP contribution < -0.4 is 15.4 Å². The van der Waals surface area contributed by atoms with Crippen molar-refractivity contribution in [1.82, 2.24) is 25.3 Å². The SMILES string of the molecule is Cc1ccccc1OCC(=O)N[C@H]1CC[C@@H](C(=O)NCCc2ccnn2C)CN(C)C1.O=CO. The summed E-state index contributed by atoms with van der Waals surface area (Å²) in [4.78, 5) is 35.5. The van der Waals surface area contributed by atoms with Gasteiger partial charge in [0.05, 0.1) is 5.92 Å². The van der Waals surface area contributed by atoms with E-state index in [1.807, 2.05) is 56.0 Å². The van der Waals surface area contributed by atoms with Crippen LogP contribution in [0.1, 0.15) is 24.1 Å². The summed E-state index contributed by atoms with van der Waals surface area (Å²) in [6, 6.07) is 9.61. The van der Waals surface area contributed by atoms with E-state index in [0.717, 1.165) is 42.8 Å². The summed E-state index contributed by atoms with van der Waals surface area (Å²) in [5.74, 6) is 0.574. The Morgan fingerprint density at radius 3 is 2.62 bits per heavy atom. The molecule has 2 heterocycles. The lowest BCUT2D eigenvalue weighted by molar-refractivity contribution is -0.125. The topological polar surface area (TPSA) is 126 Å². The van der Waals surface area contributed by atoms with Gasteiger partial charge in [0.1, 0.15) is 5.75 Å². The molecule has 1 aromatic heterocycles. The van der Waals surface area contributed by atoms with Crippen molar-refractivity contribution in [3.8, 4) is 5.75 Å². The molecule has 1 aromatic carbocycles. The summed E-state index contributed by atoms with van der Waals surface area (Å²) in [5, 5.41) is 17.1. The molecule has 0 spiro atoms. The predicted molar refractivity (Wildman–Crippen MR) is 127 cm³/mol. The number of hydrogen-bond acceptors (Lipinski definition) is 6. The number of likely N-dealkylation sites (tertiary alicyclic amines) is 1. The molecule has 1 aliphatic rings. The molecule has 34 heavy (non-hydrogen) atoms. The predicted octanol–water partition coefficient (Wildman–Crippen LogP) is 0.994. The summed E-state index contributed by atoms with van der Waals surface area (Å²) in [5.41, 5.74) is 2.09. The van der Waals surface area contributed by atoms with Crippen molar-refractivity contribution in [3.63, 3.8) is 0 Å². The molecule has 0 aliphatic carbocycles. The van der Waals surface area contributed by atoms with Crippen LogP contribution >= 0.6 is 0 Å². The molecule has 1 fully saturated rings. The highest BCUT2D eigenvalue weighted by Gasteiger charge is 2.27. The standard InChI is InChI=1S/C23H33N5O3.CH2O2/c1-17-6-4-5-7-21(17)31-16-22(29)26-19-9-8-18(14-27(2)15-19)23(30)24-12-10-20-11-13-25-28(20)3;2-1-3/h4-7,11,13,18-19H,8-10,12,14-16H2,1-3H3,(H,24,30)(H,26,29);1H,(H,2,3)/t18-,19+;/m1./s1. The number of hydrogen-bond donors (Lipinski definition) is 3. The molecule has 3 rings (SSSR count). The summed E-state index contributed by atoms with van der Waals surface area (Å²) in [7, 11) is 3.89. The second kappa shape index (κ2) is 14.0. The van der Waals surface area contributed by atoms with Gasteiger partial charge in [0.15, 0.2) is 6.61 Å². The molecule has 2 amide bonds. The zero-order valence-corrected chi connectivity index (χ0v) is 20.1. The minimum absolute atomic E-state index is 0.00483. The first-order valence-electron chi connectivity index (χ1n) is 11.3. The number of ether oxygens (including phenoxy) is 1. The number of carbonyl (C=O) groups excluding carboxylic acids is 2. The number of benzene rings is 1. The smallest absolute Gasteiger partial charge is 0.290 e. The van der Waals surface area contributed by atoms with E-state index < -0.39 is 0 Å². The number of amides is 2. The zero-order valence-electron chi connectivity index (χ0n) is 20.1. The molecule has 2 atom stereocenters. The molecular formula is C24H35N5O5. The van der Waals surface area contributed by atoms with Crippen molar-refractivity contribution >= 4 is 18.3 Å². The second-order valence-electron chi connectivity index (χ2n) is 8.41. The van der Waals surface area contributed by atoms with E-state index in [0.29, 0.717) is 13.1 Å². The molecule has 3 N–H and O–H groups in total. The van der Waals surface area contributed by atoms with E-state index in [4.69, 9.17) is 14.6 Å². The maximum Gasteiger partial charge on any atom is 0.290 e. The quantitative estimate of drug-likeness (QED) is 0.488. The molecule has 0 bridgehead atoms. The van der Waals surface area contributed by atoms with E-state index in [1.54, 1.807) is 6.20 Å². The maximum atomic E-state index is 12.7. The Hall–Kier alpha value is -3.40. The van der Waals surface area contributed by atoms with Crippen LogP contribution in [0.25, 0.3) is 0 Å². The minimum atomic E-state index is -0.250. The summed E-state index contributed by atoms with van der Waals surface area (Å²) in [6.07, 6.45) is 4.02. The van der Waals surface area contributed by atoms with Gasteiger partial charge < -0.3 is 25.4 Å². The first kappa shape index (κ1) is 26.8. The molecule has 0 radical (unpaired) electrons. The second-order valence-corrected chi connectivity index (χ2v) is 8.41. The molecule has 2 aromatic rings. The molecule has 186 valence electrons. The summed E-state index contributed by atoms with van der Waals surface area (Å²) >= 11 is 0. The molecular weight excluding hydrogens is 438 g/mol. The van der Waals surface area contributed by atoms with Gasteiger partial charge in [-0.2, -0.15) is 5.10 Å². The number of nitrogens with zero attached hydrogens (tertiary/aromatic N) is 3. The van der Waals surface area contributed by atoms with Crippen molar-refractivity contribution in [3.05, 3.63) is 47.8 Å². The average Bonchev–Trinajstić information content (AvgIpc) is 3.11. The molecule has 10 nitrogen and oxygen atoms in total. The number of para-hydroxylation sites is 1. The Balaban J connectivity index is 0.00000129. The molecule has 0 saturated carbocycles. The minimum Gasteiger partial charge on any atom is -0.484 e. The van der Waals surface area contributed by atoms with Crippen molar-refractivity contribution < 1.29 is 24.2 Å². The van der Waals surface area contributed by atoms with Gasteiger partial charge in [-0.3, -0.25) is 19.1 Å². The Bertz CT molecular complexity index is 932. The largest absolute Gasteiger partial charge is 0.484 e. The fourth-order valence-electron chi connectivity index (χ4n) is 3.98. The highest BCUT2D eigenvalue weighted by atomic mass is 16.5. The lowest BCUT2D eigenvalue weighted by atomic mass is 10.0. The van der Waals surface area contributed by atoms with E-state index in [-0.39, 0.29) is 36.9 Å². The third-order valence-electron chi connectivity index (χ3n) is 5.72. The van der Waals surface area contributed by atoms with Gasteiger partial charge in [0.25, 0.3) is 12.4 Å². The van der Waals surface area contributed by atoms with Crippen LogP contribution in [0.4, 0.5) is 0 Å². The fraction of sp³-hybridized carbons (Fsp3) is 0.500. The Labute approximate surface area is 200 Å². The molecule has 1 aliphatic heterocycles. The first-order chi connectivity index (χ1) is 16.3. The number of rotatable bonds is 8. The van der Waals surface area contributed by atoms with Gasteiger partial charge in [-0.15, -0.1) is 0 Å². The van der Waals surface area contributed by atoms with Gasteiger partial charge >= 0.3 is 0 Å². The fourth-order valence-corrected chi connectivity index (χ4v) is 3.98. The number of likely N-dealkylation sites (N-methyl/N-ethyl adjacent to an activating group) is 1. The number of nitrogens with one attached hydrogen (secondary N) is 2. The van der Waals surface area contributed by atoms with E-state index >= 15 is 0 Å². The van der Waals surface area contributed by atoms with Crippen LogP contribution in [0, 0.1) is 12.8 Å². The Kier molecular flexibility index (Phi) is 11.0. The lowest BCUT2D eigenvalue weighted by Crippen LogP contribution is -2.43. The summed E-state index contributed by atoms with van der Waals surface area (Å²) < 4.78 is 7.47. The van der Waals surface area contributed by atoms with Gasteiger partial charge in [-0.25, -0.2) is 0 Å². The van der Waals surface area contributed by atoms with Gasteiger partial charge in [-0.1, -0.05) is 18.2 Å². The number of carboxylic acid groups (broad SMARTS) is 1. The van der Waals surface area contributed by atoms with Gasteiger partial charge in [0, 0.05) is 51.0 Å². The van der Waals surface area contributed by atoms with Gasteiger partial charge in [-0.05, 0) is 44.5 Å².